The van der Waals surface area contributed by atoms with Gasteiger partial charge in [-0.15, -0.1) is 0 Å². The normalized spacial score (nSPS) is 14.2. The minimum Gasteiger partial charge on any atom is -0.496 e. The van der Waals surface area contributed by atoms with Crippen molar-refractivity contribution < 1.29 is 4.74 Å². The van der Waals surface area contributed by atoms with E-state index < -0.39 is 0 Å². The van der Waals surface area contributed by atoms with Crippen LogP contribution in [0.1, 0.15) is 25.0 Å². The Kier molecular flexibility index (Phi) is 3.05. The number of benzene rings is 3. The van der Waals surface area contributed by atoms with Gasteiger partial charge in [0.2, 0.25) is 0 Å². The van der Waals surface area contributed by atoms with Gasteiger partial charge in [-0.3, -0.25) is 0 Å². The Balaban J connectivity index is 1.93. The molecular formula is C22H20O. The van der Waals surface area contributed by atoms with Gasteiger partial charge < -0.3 is 4.74 Å². The van der Waals surface area contributed by atoms with E-state index in [1.165, 1.54) is 27.8 Å². The molecule has 1 nitrogen and oxygen atoms in total. The van der Waals surface area contributed by atoms with Crippen molar-refractivity contribution in [2.45, 2.75) is 19.3 Å². The second-order valence-electron chi connectivity index (χ2n) is 6.63. The molecule has 1 heteroatoms. The molecule has 0 saturated carbocycles. The fourth-order valence-corrected chi connectivity index (χ4v) is 3.75. The Bertz CT molecular complexity index is 890. The standard InChI is InChI=1S/C22H20O/c1-22(2)19-10-6-4-9-17(19)18-13-12-15(14-20(18)22)16-8-5-7-11-21(16)23-3/h4-14H,1-3H3. The van der Waals surface area contributed by atoms with Crippen LogP contribution in [-0.4, -0.2) is 7.11 Å². The number of methoxy groups -OCH3 is 1. The van der Waals surface area contributed by atoms with Gasteiger partial charge in [-0.05, 0) is 39.9 Å². The van der Waals surface area contributed by atoms with E-state index >= 15 is 0 Å². The number of rotatable bonds is 2. The topological polar surface area (TPSA) is 9.23 Å². The minimum atomic E-state index is 0.0317. The average molecular weight is 300 g/mol. The Labute approximate surface area is 137 Å². The fraction of sp³-hybridized carbons (Fsp3) is 0.182. The predicted molar refractivity (Wildman–Crippen MR) is 96.0 cm³/mol. The van der Waals surface area contributed by atoms with E-state index in [9.17, 15) is 0 Å². The first kappa shape index (κ1) is 14.1. The molecule has 114 valence electrons. The molecule has 0 aliphatic heterocycles. The first-order valence-electron chi connectivity index (χ1n) is 8.01. The minimum absolute atomic E-state index is 0.0317. The van der Waals surface area contributed by atoms with Gasteiger partial charge in [0, 0.05) is 11.0 Å². The van der Waals surface area contributed by atoms with Crippen LogP contribution in [0.4, 0.5) is 0 Å². The molecule has 0 spiro atoms. The van der Waals surface area contributed by atoms with Crippen molar-refractivity contribution in [3.8, 4) is 28.0 Å². The van der Waals surface area contributed by atoms with Gasteiger partial charge in [-0.25, -0.2) is 0 Å². The van der Waals surface area contributed by atoms with Crippen LogP contribution in [0.3, 0.4) is 0 Å². The van der Waals surface area contributed by atoms with E-state index in [1.807, 2.05) is 12.1 Å². The lowest BCUT2D eigenvalue weighted by atomic mass is 9.81. The number of fused-ring (bicyclic) bond motifs is 3. The molecule has 0 fully saturated rings. The van der Waals surface area contributed by atoms with Crippen molar-refractivity contribution in [3.05, 3.63) is 77.9 Å². The van der Waals surface area contributed by atoms with E-state index in [-0.39, 0.29) is 5.41 Å². The third kappa shape index (κ3) is 2.00. The Morgan fingerprint density at radius 3 is 2.13 bits per heavy atom. The lowest BCUT2D eigenvalue weighted by Crippen LogP contribution is -2.14. The summed E-state index contributed by atoms with van der Waals surface area (Å²) in [4.78, 5) is 0. The van der Waals surface area contributed by atoms with E-state index in [2.05, 4.69) is 68.4 Å². The molecule has 1 aliphatic rings. The highest BCUT2D eigenvalue weighted by molar-refractivity contribution is 5.84. The molecule has 0 N–H and O–H groups in total. The first-order valence-corrected chi connectivity index (χ1v) is 8.01. The number of hydrogen-bond acceptors (Lipinski definition) is 1. The Hall–Kier alpha value is -2.54. The van der Waals surface area contributed by atoms with Crippen LogP contribution in [0.2, 0.25) is 0 Å². The fourth-order valence-electron chi connectivity index (χ4n) is 3.75. The summed E-state index contributed by atoms with van der Waals surface area (Å²) in [6, 6.07) is 23.7. The molecule has 1 aliphatic carbocycles. The van der Waals surface area contributed by atoms with Crippen molar-refractivity contribution in [2.24, 2.45) is 0 Å². The maximum absolute atomic E-state index is 5.53. The van der Waals surface area contributed by atoms with Gasteiger partial charge in [0.1, 0.15) is 5.75 Å². The number of hydrogen-bond donors (Lipinski definition) is 0. The van der Waals surface area contributed by atoms with Crippen molar-refractivity contribution >= 4 is 0 Å². The zero-order chi connectivity index (χ0) is 16.0. The van der Waals surface area contributed by atoms with Gasteiger partial charge in [0.25, 0.3) is 0 Å². The Morgan fingerprint density at radius 2 is 1.35 bits per heavy atom. The summed E-state index contributed by atoms with van der Waals surface area (Å²) in [6.07, 6.45) is 0. The summed E-state index contributed by atoms with van der Waals surface area (Å²) in [6.45, 7) is 4.62. The van der Waals surface area contributed by atoms with E-state index in [0.717, 1.165) is 11.3 Å². The highest BCUT2D eigenvalue weighted by Gasteiger charge is 2.35. The van der Waals surface area contributed by atoms with Crippen molar-refractivity contribution in [3.63, 3.8) is 0 Å². The van der Waals surface area contributed by atoms with Gasteiger partial charge in [0.15, 0.2) is 0 Å². The van der Waals surface area contributed by atoms with Crippen LogP contribution < -0.4 is 4.74 Å². The van der Waals surface area contributed by atoms with E-state index in [0.29, 0.717) is 0 Å². The lowest BCUT2D eigenvalue weighted by molar-refractivity contribution is 0.416. The number of para-hydroxylation sites is 1. The molecule has 0 saturated heterocycles. The molecule has 0 heterocycles. The first-order chi connectivity index (χ1) is 11.1. The van der Waals surface area contributed by atoms with Crippen LogP contribution >= 0.6 is 0 Å². The maximum Gasteiger partial charge on any atom is 0.126 e. The van der Waals surface area contributed by atoms with Crippen molar-refractivity contribution in [2.75, 3.05) is 7.11 Å². The highest BCUT2D eigenvalue weighted by atomic mass is 16.5. The molecule has 0 amide bonds. The van der Waals surface area contributed by atoms with Gasteiger partial charge in [0.05, 0.1) is 7.11 Å². The molecule has 3 aromatic rings. The summed E-state index contributed by atoms with van der Waals surface area (Å²) < 4.78 is 5.53. The summed E-state index contributed by atoms with van der Waals surface area (Å²) in [5, 5.41) is 0. The highest BCUT2D eigenvalue weighted by Crippen LogP contribution is 2.49. The summed E-state index contributed by atoms with van der Waals surface area (Å²) >= 11 is 0. The van der Waals surface area contributed by atoms with Crippen LogP contribution in [0.15, 0.2) is 66.7 Å². The van der Waals surface area contributed by atoms with E-state index in [1.54, 1.807) is 7.11 Å². The summed E-state index contributed by atoms with van der Waals surface area (Å²) in [5.41, 5.74) is 7.90. The largest absolute Gasteiger partial charge is 0.496 e. The molecule has 4 rings (SSSR count). The SMILES string of the molecule is COc1ccccc1-c1ccc2c(c1)C(C)(C)c1ccccc1-2. The summed E-state index contributed by atoms with van der Waals surface area (Å²) in [7, 11) is 1.73. The monoisotopic (exact) mass is 300 g/mol. The van der Waals surface area contributed by atoms with Gasteiger partial charge in [-0.2, -0.15) is 0 Å². The van der Waals surface area contributed by atoms with Crippen LogP contribution in [0, 0.1) is 0 Å². The van der Waals surface area contributed by atoms with Crippen LogP contribution in [0.5, 0.6) is 5.75 Å². The molecule has 0 atom stereocenters. The van der Waals surface area contributed by atoms with Crippen molar-refractivity contribution in [1.82, 2.24) is 0 Å². The summed E-state index contributed by atoms with van der Waals surface area (Å²) in [5.74, 6) is 0.917. The van der Waals surface area contributed by atoms with E-state index in [4.69, 9.17) is 4.74 Å². The molecule has 0 bridgehead atoms. The molecular weight excluding hydrogens is 280 g/mol. The zero-order valence-electron chi connectivity index (χ0n) is 13.8. The third-order valence-corrected chi connectivity index (χ3v) is 5.00. The molecule has 23 heavy (non-hydrogen) atoms. The molecule has 0 aromatic heterocycles. The quantitative estimate of drug-likeness (QED) is 0.592. The second kappa shape index (κ2) is 4.99. The zero-order valence-corrected chi connectivity index (χ0v) is 13.8. The molecule has 3 aromatic carbocycles. The second-order valence-corrected chi connectivity index (χ2v) is 6.63. The lowest BCUT2D eigenvalue weighted by Gasteiger charge is -2.22. The van der Waals surface area contributed by atoms with Crippen molar-refractivity contribution in [1.29, 1.82) is 0 Å². The van der Waals surface area contributed by atoms with Gasteiger partial charge >= 0.3 is 0 Å². The van der Waals surface area contributed by atoms with Gasteiger partial charge in [-0.1, -0.05) is 68.4 Å². The van der Waals surface area contributed by atoms with Crippen LogP contribution in [-0.2, 0) is 5.41 Å². The maximum atomic E-state index is 5.53. The number of ether oxygens (including phenoxy) is 1. The third-order valence-electron chi connectivity index (χ3n) is 5.00. The smallest absolute Gasteiger partial charge is 0.126 e. The predicted octanol–water partition coefficient (Wildman–Crippen LogP) is 5.67. The Morgan fingerprint density at radius 1 is 0.696 bits per heavy atom. The van der Waals surface area contributed by atoms with Crippen LogP contribution in [0.25, 0.3) is 22.3 Å². The molecule has 0 unspecified atom stereocenters. The molecule has 0 radical (unpaired) electrons. The average Bonchev–Trinajstić information content (AvgIpc) is 2.83.